The van der Waals surface area contributed by atoms with Gasteiger partial charge in [-0.2, -0.15) is 4.98 Å². The van der Waals surface area contributed by atoms with Gasteiger partial charge >= 0.3 is 0 Å². The molecule has 44 heavy (non-hydrogen) atoms. The molecule has 8 nitrogen and oxygen atoms in total. The van der Waals surface area contributed by atoms with Crippen LogP contribution < -0.4 is 11.5 Å². The zero-order chi connectivity index (χ0) is 32.9. The lowest BCUT2D eigenvalue weighted by Crippen LogP contribution is -2.55. The number of nitrogens with zero attached hydrogens (tertiary/aromatic N) is 5. The number of nitrogens with two attached hydrogens (primary N) is 2. The smallest absolute Gasteiger partial charge is 0.260 e. The van der Waals surface area contributed by atoms with Crippen LogP contribution in [0.2, 0.25) is 0 Å². The summed E-state index contributed by atoms with van der Waals surface area (Å²) < 4.78 is 43.1. The highest BCUT2D eigenvalue weighted by atomic mass is 19.3. The molecule has 4 rings (SSSR count). The van der Waals surface area contributed by atoms with E-state index in [2.05, 4.69) is 51.3 Å². The van der Waals surface area contributed by atoms with Crippen molar-refractivity contribution in [2.24, 2.45) is 16.8 Å². The van der Waals surface area contributed by atoms with Crippen molar-refractivity contribution >= 4 is 29.1 Å². The molecule has 2 unspecified atom stereocenters. The second-order valence-electron chi connectivity index (χ2n) is 11.6. The maximum Gasteiger partial charge on any atom is 0.260 e. The van der Waals surface area contributed by atoms with Gasteiger partial charge in [0.1, 0.15) is 5.52 Å². The highest BCUT2D eigenvalue weighted by Gasteiger charge is 2.39. The van der Waals surface area contributed by atoms with Gasteiger partial charge in [0.2, 0.25) is 5.95 Å². The molecule has 2 aromatic rings. The number of ether oxygens (including phenoxy) is 1. The minimum absolute atomic E-state index is 0.0527. The topological polar surface area (TPSA) is 107 Å². The molecular weight excluding hydrogens is 567 g/mol. The molecule has 0 aromatic carbocycles. The van der Waals surface area contributed by atoms with Crippen molar-refractivity contribution in [2.75, 3.05) is 44.4 Å². The number of anilines is 2. The molecule has 0 amide bonds. The van der Waals surface area contributed by atoms with Crippen LogP contribution >= 0.6 is 0 Å². The lowest BCUT2D eigenvalue weighted by atomic mass is 9.97. The van der Waals surface area contributed by atoms with Gasteiger partial charge in [0.05, 0.1) is 38.2 Å². The van der Waals surface area contributed by atoms with E-state index in [0.29, 0.717) is 49.2 Å². The van der Waals surface area contributed by atoms with Gasteiger partial charge in [0.25, 0.3) is 5.92 Å². The van der Waals surface area contributed by atoms with Crippen LogP contribution in [0.25, 0.3) is 11.1 Å². The molecule has 2 atom stereocenters. The standard InChI is InChI=1S/C22H32N6.C8H13F2NO.C3H7F/c1-7-14(3)13-25-19(17(6)15(4)8-2)10-9-16(5)18-11-12-28-20(18)21(23)26-22(24)27-28;9-8(10)2-1-3-11(6-8)7-4-12-5-7;1-2-3-4/h9-15H,5,7-8H2,1-4,6H3,(H4,23,24,26,27);7H,1-6H2;2-3H2,1H3/b10-9-,19-17+,25-13?;;. The van der Waals surface area contributed by atoms with Crippen LogP contribution in [-0.4, -0.2) is 70.7 Å². The van der Waals surface area contributed by atoms with E-state index in [9.17, 15) is 13.2 Å². The molecular formula is C33H52F3N7O. The number of rotatable bonds is 10. The molecule has 0 radical (unpaired) electrons. The number of allylic oxidation sites excluding steroid dienone is 4. The van der Waals surface area contributed by atoms with Gasteiger partial charge in [-0.15, -0.1) is 5.10 Å². The number of halogens is 3. The van der Waals surface area contributed by atoms with E-state index in [1.165, 1.54) is 5.57 Å². The lowest BCUT2D eigenvalue weighted by molar-refractivity contribution is -0.126. The number of hydrogen-bond acceptors (Lipinski definition) is 7. The fourth-order valence-corrected chi connectivity index (χ4v) is 4.49. The van der Waals surface area contributed by atoms with E-state index >= 15 is 0 Å². The summed E-state index contributed by atoms with van der Waals surface area (Å²) in [7, 11) is 0. The quantitative estimate of drug-likeness (QED) is 0.212. The Morgan fingerprint density at radius 2 is 1.89 bits per heavy atom. The number of fused-ring (bicyclic) bond motifs is 1. The molecule has 2 aromatic heterocycles. The molecule has 4 N–H and O–H groups in total. The Kier molecular flexibility index (Phi) is 15.1. The molecule has 4 heterocycles. The number of aliphatic imine (C=N–C) groups is 1. The maximum absolute atomic E-state index is 12.9. The molecule has 0 spiro atoms. The van der Waals surface area contributed by atoms with Crippen LogP contribution in [0.3, 0.4) is 0 Å². The summed E-state index contributed by atoms with van der Waals surface area (Å²) in [6, 6.07) is 2.18. The van der Waals surface area contributed by atoms with Crippen LogP contribution in [0.5, 0.6) is 0 Å². The Bertz CT molecular complexity index is 1280. The summed E-state index contributed by atoms with van der Waals surface area (Å²) in [5.41, 5.74) is 16.4. The number of alkyl halides is 3. The Hall–Kier alpha value is -3.18. The van der Waals surface area contributed by atoms with Gasteiger partial charge in [0.15, 0.2) is 5.82 Å². The maximum atomic E-state index is 12.9. The molecule has 246 valence electrons. The predicted octanol–water partition coefficient (Wildman–Crippen LogP) is 7.38. The van der Waals surface area contributed by atoms with Gasteiger partial charge in [0, 0.05) is 24.4 Å². The summed E-state index contributed by atoms with van der Waals surface area (Å²) in [6.07, 6.45) is 11.3. The Morgan fingerprint density at radius 3 is 2.43 bits per heavy atom. The molecule has 11 heteroatoms. The van der Waals surface area contributed by atoms with E-state index in [-0.39, 0.29) is 31.6 Å². The zero-order valence-corrected chi connectivity index (χ0v) is 27.3. The molecule has 0 aliphatic carbocycles. The number of hydrogen-bond donors (Lipinski definition) is 2. The van der Waals surface area contributed by atoms with Crippen LogP contribution in [-0.2, 0) is 4.74 Å². The Morgan fingerprint density at radius 1 is 1.20 bits per heavy atom. The SMILES string of the molecule is C=C(/C=C\C(N=CC(C)CC)=C(\C)C(C)CC)c1ccn2nc(N)nc(N)c12.CCCF.FC1(F)CCCN(C2COC2)C1. The van der Waals surface area contributed by atoms with E-state index in [0.717, 1.165) is 36.2 Å². The molecule has 0 saturated carbocycles. The van der Waals surface area contributed by atoms with E-state index in [1.54, 1.807) is 17.6 Å². The zero-order valence-electron chi connectivity index (χ0n) is 27.3. The molecule has 0 bridgehead atoms. The van der Waals surface area contributed by atoms with Crippen LogP contribution in [0, 0.1) is 11.8 Å². The summed E-state index contributed by atoms with van der Waals surface area (Å²) in [5.74, 6) is -1.09. The third-order valence-corrected chi connectivity index (χ3v) is 7.96. The first-order valence-electron chi connectivity index (χ1n) is 15.6. The van der Waals surface area contributed by atoms with Gasteiger partial charge in [-0.05, 0) is 74.3 Å². The minimum atomic E-state index is -2.46. The number of nitrogen functional groups attached to an aromatic ring is 2. The molecule has 2 aliphatic heterocycles. The van der Waals surface area contributed by atoms with Crippen LogP contribution in [0.4, 0.5) is 24.9 Å². The van der Waals surface area contributed by atoms with Gasteiger partial charge in [-0.1, -0.05) is 47.3 Å². The van der Waals surface area contributed by atoms with Crippen molar-refractivity contribution < 1.29 is 17.9 Å². The van der Waals surface area contributed by atoms with Crippen molar-refractivity contribution in [1.82, 2.24) is 19.5 Å². The number of piperidine rings is 1. The van der Waals surface area contributed by atoms with E-state index in [4.69, 9.17) is 21.2 Å². The largest absolute Gasteiger partial charge is 0.382 e. The first-order valence-corrected chi connectivity index (χ1v) is 15.6. The normalized spacial score (nSPS) is 19.0. The number of likely N-dealkylation sites (tertiary alicyclic amines) is 1. The number of aromatic nitrogens is 3. The fourth-order valence-electron chi connectivity index (χ4n) is 4.49. The summed E-state index contributed by atoms with van der Waals surface area (Å²) in [6.45, 7) is 18.7. The monoisotopic (exact) mass is 619 g/mol. The highest BCUT2D eigenvalue weighted by Crippen LogP contribution is 2.29. The molecule has 2 saturated heterocycles. The predicted molar refractivity (Wildman–Crippen MR) is 177 cm³/mol. The van der Waals surface area contributed by atoms with Crippen molar-refractivity contribution in [1.29, 1.82) is 0 Å². The lowest BCUT2D eigenvalue weighted by Gasteiger charge is -2.41. The molecule has 2 aliphatic rings. The minimum Gasteiger partial charge on any atom is -0.382 e. The summed E-state index contributed by atoms with van der Waals surface area (Å²) in [5, 5.41) is 4.16. The third-order valence-electron chi connectivity index (χ3n) is 7.96. The van der Waals surface area contributed by atoms with E-state index < -0.39 is 5.92 Å². The highest BCUT2D eigenvalue weighted by molar-refractivity contribution is 5.88. The summed E-state index contributed by atoms with van der Waals surface area (Å²) in [4.78, 5) is 10.7. The second-order valence-corrected chi connectivity index (χ2v) is 11.6. The van der Waals surface area contributed by atoms with Gasteiger partial charge < -0.3 is 16.2 Å². The first kappa shape index (κ1) is 37.0. The Labute approximate surface area is 261 Å². The van der Waals surface area contributed by atoms with Crippen molar-refractivity contribution in [3.05, 3.63) is 47.8 Å². The summed E-state index contributed by atoms with van der Waals surface area (Å²) >= 11 is 0. The van der Waals surface area contributed by atoms with E-state index in [1.807, 2.05) is 29.3 Å². The van der Waals surface area contributed by atoms with Gasteiger partial charge in [-0.3, -0.25) is 14.3 Å². The average molecular weight is 620 g/mol. The van der Waals surface area contributed by atoms with Crippen molar-refractivity contribution in [3.8, 4) is 0 Å². The Balaban J connectivity index is 0.000000344. The molecule has 2 fully saturated rings. The first-order chi connectivity index (χ1) is 20.9. The van der Waals surface area contributed by atoms with Crippen LogP contribution in [0.1, 0.15) is 79.2 Å². The third kappa shape index (κ3) is 11.1. The average Bonchev–Trinajstić information content (AvgIpc) is 3.39. The van der Waals surface area contributed by atoms with Gasteiger partial charge in [-0.25, -0.2) is 13.3 Å². The van der Waals surface area contributed by atoms with Crippen molar-refractivity contribution in [3.63, 3.8) is 0 Å². The van der Waals surface area contributed by atoms with Crippen molar-refractivity contribution in [2.45, 2.75) is 85.6 Å². The van der Waals surface area contributed by atoms with Crippen LogP contribution in [0.15, 0.2) is 47.3 Å². The second kappa shape index (κ2) is 17.9. The fraction of sp³-hybridized carbons (Fsp3) is 0.606.